The molecule has 0 heterocycles. The molecule has 2 aromatic carbocycles. The van der Waals surface area contributed by atoms with E-state index in [9.17, 15) is 4.57 Å². The molecule has 0 N–H and O–H groups in total. The molecule has 0 spiro atoms. The molecule has 4 aliphatic rings. The van der Waals surface area contributed by atoms with Gasteiger partial charge in [0.05, 0.1) is 0 Å². The quantitative estimate of drug-likeness (QED) is 0.284. The van der Waals surface area contributed by atoms with Gasteiger partial charge in [0.25, 0.3) is 0 Å². The van der Waals surface area contributed by atoms with Crippen molar-refractivity contribution in [2.24, 2.45) is 51.1 Å². The predicted molar refractivity (Wildman–Crippen MR) is 180 cm³/mol. The smallest absolute Gasteiger partial charge is 0.247 e. The lowest BCUT2D eigenvalue weighted by atomic mass is 9.46. The average molecular weight is 584 g/mol. The normalized spacial score (nSPS) is 34.4. The fraction of sp³-hybridized carbons (Fsp3) is 0.615. The third kappa shape index (κ3) is 5.33. The van der Waals surface area contributed by atoms with Crippen LogP contribution in [0.1, 0.15) is 105 Å². The van der Waals surface area contributed by atoms with Gasteiger partial charge in [0, 0.05) is 16.3 Å². The Morgan fingerprint density at radius 2 is 1.48 bits per heavy atom. The van der Waals surface area contributed by atoms with Crippen LogP contribution in [0.25, 0.3) is 0 Å². The van der Waals surface area contributed by atoms with Gasteiger partial charge in [0.2, 0.25) is 7.29 Å². The molecule has 226 valence electrons. The molecule has 0 saturated heterocycles. The first-order valence-corrected chi connectivity index (χ1v) is 18.8. The van der Waals surface area contributed by atoms with Crippen molar-refractivity contribution in [2.75, 3.05) is 0 Å². The molecule has 0 unspecified atom stereocenters. The van der Waals surface area contributed by atoms with Crippen molar-refractivity contribution in [2.45, 2.75) is 105 Å². The van der Waals surface area contributed by atoms with Crippen LogP contribution in [0.15, 0.2) is 77.1 Å². The fourth-order valence-electron chi connectivity index (χ4n) is 10.4. The van der Waals surface area contributed by atoms with E-state index >= 15 is 0 Å². The number of allylic oxidation sites excluding steroid dienone is 2. The zero-order valence-electron chi connectivity index (χ0n) is 26.9. The van der Waals surface area contributed by atoms with E-state index in [4.69, 9.17) is 4.76 Å². The van der Waals surface area contributed by atoms with Crippen molar-refractivity contribution in [1.29, 1.82) is 0 Å². The minimum absolute atomic E-state index is 0.272. The summed E-state index contributed by atoms with van der Waals surface area (Å²) < 4.78 is 19.8. The van der Waals surface area contributed by atoms with Gasteiger partial charge in [-0.15, -0.1) is 0 Å². The second-order valence-electron chi connectivity index (χ2n) is 15.4. The molecule has 2 aromatic rings. The Labute approximate surface area is 256 Å². The summed E-state index contributed by atoms with van der Waals surface area (Å²) in [6.07, 6.45) is 16.9. The summed E-state index contributed by atoms with van der Waals surface area (Å²) in [7, 11) is -3.10. The number of hydrogen-bond acceptors (Lipinski definition) is 1. The van der Waals surface area contributed by atoms with Gasteiger partial charge < -0.3 is 0 Å². The highest BCUT2D eigenvalue weighted by atomic mass is 31.2. The first-order valence-electron chi connectivity index (χ1n) is 17.2. The highest BCUT2D eigenvalue weighted by Gasteiger charge is 2.59. The molecular weight excluding hydrogens is 529 g/mol. The van der Waals surface area contributed by atoms with Crippen molar-refractivity contribution in [3.8, 4) is 0 Å². The van der Waals surface area contributed by atoms with E-state index in [1.54, 1.807) is 5.57 Å². The maximum Gasteiger partial charge on any atom is 0.247 e. The lowest BCUT2D eigenvalue weighted by Gasteiger charge is -2.58. The Morgan fingerprint density at radius 1 is 0.810 bits per heavy atom. The van der Waals surface area contributed by atoms with Gasteiger partial charge in [-0.3, -0.25) is 4.57 Å². The molecule has 3 fully saturated rings. The van der Waals surface area contributed by atoms with Crippen molar-refractivity contribution in [3.05, 3.63) is 72.3 Å². The summed E-state index contributed by atoms with van der Waals surface area (Å²) in [6, 6.07) is 19.9. The van der Waals surface area contributed by atoms with Crippen LogP contribution in [-0.4, -0.2) is 5.71 Å². The number of rotatable bonds is 8. The van der Waals surface area contributed by atoms with Crippen molar-refractivity contribution >= 4 is 23.6 Å². The lowest BCUT2D eigenvalue weighted by molar-refractivity contribution is -0.0573. The third-order valence-corrected chi connectivity index (χ3v) is 15.2. The molecule has 6 rings (SSSR count). The fourth-order valence-corrected chi connectivity index (χ4v) is 12.6. The van der Waals surface area contributed by atoms with Crippen molar-refractivity contribution < 1.29 is 4.57 Å². The van der Waals surface area contributed by atoms with E-state index in [-0.39, 0.29) is 5.41 Å². The van der Waals surface area contributed by atoms with Gasteiger partial charge in [-0.05, 0) is 128 Å². The van der Waals surface area contributed by atoms with Crippen LogP contribution in [0.5, 0.6) is 0 Å². The summed E-state index contributed by atoms with van der Waals surface area (Å²) in [5.41, 5.74) is 3.46. The molecule has 3 heteroatoms. The van der Waals surface area contributed by atoms with E-state index in [1.165, 1.54) is 57.8 Å². The number of hydrogen-bond donors (Lipinski definition) is 0. The summed E-state index contributed by atoms with van der Waals surface area (Å²) in [4.78, 5) is 0. The second kappa shape index (κ2) is 11.9. The molecular formula is C39H54NOP. The van der Waals surface area contributed by atoms with Crippen molar-refractivity contribution in [1.82, 2.24) is 0 Å². The highest BCUT2D eigenvalue weighted by Crippen LogP contribution is 2.67. The predicted octanol–water partition coefficient (Wildman–Crippen LogP) is 10.4. The van der Waals surface area contributed by atoms with Gasteiger partial charge in [-0.1, -0.05) is 95.9 Å². The zero-order valence-corrected chi connectivity index (χ0v) is 27.8. The third-order valence-electron chi connectivity index (χ3n) is 12.7. The number of fused-ring (bicyclic) bond motifs is 5. The van der Waals surface area contributed by atoms with Crippen LogP contribution in [-0.2, 0) is 4.57 Å². The Bertz CT molecular complexity index is 1300. The van der Waals surface area contributed by atoms with Gasteiger partial charge >= 0.3 is 0 Å². The summed E-state index contributed by atoms with van der Waals surface area (Å²) in [5, 5.41) is 1.67. The van der Waals surface area contributed by atoms with Crippen LogP contribution in [0.2, 0.25) is 0 Å². The zero-order chi connectivity index (χ0) is 29.5. The molecule has 0 bridgehead atoms. The van der Waals surface area contributed by atoms with E-state index < -0.39 is 7.29 Å². The minimum atomic E-state index is -3.10. The largest absolute Gasteiger partial charge is 0.288 e. The summed E-state index contributed by atoms with van der Waals surface area (Å²) in [5.74, 6) is 5.17. The summed E-state index contributed by atoms with van der Waals surface area (Å²) in [6.45, 7) is 12.6. The SMILES string of the molecule is CC(C)CCC[C@@H](C)[C@H]1CC[C@H]2[C@@H]3CCC4=C/C(=N\P(=O)(c5ccccc5)c5ccccc5)CC[C@]4(C)[C@H]3CC[C@]12C. The van der Waals surface area contributed by atoms with Crippen LogP contribution >= 0.6 is 7.29 Å². The van der Waals surface area contributed by atoms with Gasteiger partial charge in [-0.2, -0.15) is 0 Å². The molecule has 0 amide bonds. The minimum Gasteiger partial charge on any atom is -0.288 e. The molecule has 7 atom stereocenters. The Morgan fingerprint density at radius 3 is 2.12 bits per heavy atom. The van der Waals surface area contributed by atoms with Crippen molar-refractivity contribution in [3.63, 3.8) is 0 Å². The van der Waals surface area contributed by atoms with E-state index in [1.807, 2.05) is 60.7 Å². The van der Waals surface area contributed by atoms with Crippen LogP contribution in [0.3, 0.4) is 0 Å². The van der Waals surface area contributed by atoms with Gasteiger partial charge in [0.1, 0.15) is 0 Å². The first-order chi connectivity index (χ1) is 20.1. The maximum atomic E-state index is 14.7. The lowest BCUT2D eigenvalue weighted by Crippen LogP contribution is -2.51. The van der Waals surface area contributed by atoms with Gasteiger partial charge in [-0.25, -0.2) is 4.76 Å². The second-order valence-corrected chi connectivity index (χ2v) is 17.8. The average Bonchev–Trinajstić information content (AvgIpc) is 3.35. The molecule has 42 heavy (non-hydrogen) atoms. The Balaban J connectivity index is 1.24. The monoisotopic (exact) mass is 583 g/mol. The first kappa shape index (κ1) is 30.1. The Hall–Kier alpha value is -1.92. The number of nitrogens with zero attached hydrogens (tertiary/aromatic N) is 1. The highest BCUT2D eigenvalue weighted by molar-refractivity contribution is 7.77. The maximum absolute atomic E-state index is 14.7. The summed E-state index contributed by atoms with van der Waals surface area (Å²) >= 11 is 0. The topological polar surface area (TPSA) is 29.4 Å². The Kier molecular flexibility index (Phi) is 8.52. The molecule has 0 radical (unpaired) electrons. The molecule has 3 saturated carbocycles. The van der Waals surface area contributed by atoms with E-state index in [2.05, 4.69) is 40.7 Å². The molecule has 0 aromatic heterocycles. The standard InChI is InChI=1S/C39H54NOP/c1-28(2)13-12-14-29(3)35-21-22-36-34-20-19-30-27-31(23-25-38(30,4)37(34)24-26-39(35,36)5)40-42(41,32-15-8-6-9-16-32)33-17-10-7-11-18-33/h6-11,15-18,27-29,34-37H,12-14,19-26H2,1-5H3/b40-31-/t29-,34+,35-,36+,37+,38+,39-/m1/s1. The molecule has 4 aliphatic carbocycles. The van der Waals surface area contributed by atoms with Crippen LogP contribution < -0.4 is 10.6 Å². The van der Waals surface area contributed by atoms with Crippen LogP contribution in [0, 0.1) is 46.3 Å². The van der Waals surface area contributed by atoms with Gasteiger partial charge in [0.15, 0.2) is 0 Å². The van der Waals surface area contributed by atoms with E-state index in [0.29, 0.717) is 5.41 Å². The van der Waals surface area contributed by atoms with Crippen LogP contribution in [0.4, 0.5) is 0 Å². The number of benzene rings is 2. The van der Waals surface area contributed by atoms with E-state index in [0.717, 1.165) is 64.7 Å². The molecule has 2 nitrogen and oxygen atoms in total. The molecule has 0 aliphatic heterocycles.